The fourth-order valence-electron chi connectivity index (χ4n) is 2.17. The fraction of sp³-hybridized carbons (Fsp3) is 0.211. The number of nitriles is 1. The number of H-pyrrole nitrogens is 1. The molecule has 0 bridgehead atoms. The highest BCUT2D eigenvalue weighted by Gasteiger charge is 2.28. The van der Waals surface area contributed by atoms with Crippen molar-refractivity contribution in [2.24, 2.45) is 5.41 Å². The second-order valence-electron chi connectivity index (χ2n) is 6.54. The number of imidazole rings is 1. The molecular weight excluding hydrogens is 346 g/mol. The number of pyridine rings is 2. The van der Waals surface area contributed by atoms with E-state index < -0.39 is 11.4 Å². The highest BCUT2D eigenvalue weighted by molar-refractivity contribution is 5.73. The van der Waals surface area contributed by atoms with Crippen molar-refractivity contribution in [3.63, 3.8) is 0 Å². The second-order valence-corrected chi connectivity index (χ2v) is 6.54. The molecule has 0 aliphatic heterocycles. The summed E-state index contributed by atoms with van der Waals surface area (Å²) >= 11 is 0. The molecule has 8 nitrogen and oxygen atoms in total. The molecule has 3 rings (SSSR count). The first-order valence-electron chi connectivity index (χ1n) is 8.13. The Kier molecular flexibility index (Phi) is 4.86. The Morgan fingerprint density at radius 2 is 1.93 bits per heavy atom. The van der Waals surface area contributed by atoms with Gasteiger partial charge in [-0.25, -0.2) is 9.97 Å². The number of ether oxygens (including phenoxy) is 1. The summed E-state index contributed by atoms with van der Waals surface area (Å²) in [5, 5.41) is 17.9. The largest absolute Gasteiger partial charge is 0.481 e. The smallest absolute Gasteiger partial charge is 0.312 e. The van der Waals surface area contributed by atoms with Crippen LogP contribution in [0.5, 0.6) is 5.88 Å². The summed E-state index contributed by atoms with van der Waals surface area (Å²) in [7, 11) is 0. The maximum atomic E-state index is 11.1. The molecule has 0 unspecified atom stereocenters. The lowest BCUT2D eigenvalue weighted by Gasteiger charge is -2.18. The van der Waals surface area contributed by atoms with Crippen molar-refractivity contribution in [2.45, 2.75) is 13.8 Å². The van der Waals surface area contributed by atoms with Crippen molar-refractivity contribution in [1.29, 1.82) is 5.26 Å². The van der Waals surface area contributed by atoms with E-state index in [1.54, 1.807) is 38.4 Å². The molecule has 3 aromatic heterocycles. The zero-order valence-electron chi connectivity index (χ0n) is 14.8. The van der Waals surface area contributed by atoms with Crippen LogP contribution >= 0.6 is 0 Å². The minimum Gasteiger partial charge on any atom is -0.481 e. The number of hydrogen-bond donors (Lipinski definition) is 2. The predicted molar refractivity (Wildman–Crippen MR) is 96.7 cm³/mol. The summed E-state index contributed by atoms with van der Waals surface area (Å²) in [4.78, 5) is 26.7. The molecular formula is C19H17N5O3. The summed E-state index contributed by atoms with van der Waals surface area (Å²) < 4.78 is 5.47. The summed E-state index contributed by atoms with van der Waals surface area (Å²) in [6.45, 7) is 3.21. The maximum absolute atomic E-state index is 11.1. The number of carboxylic acid groups (broad SMARTS) is 1. The zero-order valence-corrected chi connectivity index (χ0v) is 14.8. The molecule has 0 atom stereocenters. The fourth-order valence-corrected chi connectivity index (χ4v) is 2.17. The number of nitrogens with zero attached hydrogens (tertiary/aromatic N) is 4. The SMILES string of the molecule is CC(C)(COc1ccc(-c2ccc(-c3nc(C#N)c[nH]3)nc2)cn1)C(=O)O. The van der Waals surface area contributed by atoms with Gasteiger partial charge in [0.2, 0.25) is 5.88 Å². The van der Waals surface area contributed by atoms with E-state index in [4.69, 9.17) is 15.1 Å². The van der Waals surface area contributed by atoms with Crippen LogP contribution in [-0.2, 0) is 4.79 Å². The molecule has 27 heavy (non-hydrogen) atoms. The molecule has 0 radical (unpaired) electrons. The van der Waals surface area contributed by atoms with Crippen LogP contribution in [0.4, 0.5) is 0 Å². The van der Waals surface area contributed by atoms with Crippen LogP contribution in [0.3, 0.4) is 0 Å². The average Bonchev–Trinajstić information content (AvgIpc) is 3.16. The summed E-state index contributed by atoms with van der Waals surface area (Å²) in [5.41, 5.74) is 1.65. The van der Waals surface area contributed by atoms with Crippen molar-refractivity contribution in [1.82, 2.24) is 19.9 Å². The zero-order chi connectivity index (χ0) is 19.4. The van der Waals surface area contributed by atoms with Crippen molar-refractivity contribution >= 4 is 5.97 Å². The van der Waals surface area contributed by atoms with Gasteiger partial charge in [0.05, 0.1) is 5.41 Å². The topological polar surface area (TPSA) is 125 Å². The average molecular weight is 363 g/mol. The molecule has 3 heterocycles. The molecule has 0 saturated heterocycles. The van der Waals surface area contributed by atoms with Gasteiger partial charge in [0, 0.05) is 35.8 Å². The lowest BCUT2D eigenvalue weighted by molar-refractivity contribution is -0.148. The number of carbonyl (C=O) groups is 1. The lowest BCUT2D eigenvalue weighted by Crippen LogP contribution is -2.30. The van der Waals surface area contributed by atoms with E-state index in [0.29, 0.717) is 23.1 Å². The van der Waals surface area contributed by atoms with Gasteiger partial charge in [0.15, 0.2) is 11.5 Å². The van der Waals surface area contributed by atoms with Gasteiger partial charge in [-0.3, -0.25) is 9.78 Å². The van der Waals surface area contributed by atoms with Crippen molar-refractivity contribution in [3.8, 4) is 34.6 Å². The first-order valence-corrected chi connectivity index (χ1v) is 8.13. The van der Waals surface area contributed by atoms with Crippen LogP contribution in [0.15, 0.2) is 42.9 Å². The van der Waals surface area contributed by atoms with Gasteiger partial charge < -0.3 is 14.8 Å². The van der Waals surface area contributed by atoms with Crippen LogP contribution in [0.25, 0.3) is 22.6 Å². The van der Waals surface area contributed by atoms with E-state index in [2.05, 4.69) is 19.9 Å². The molecule has 0 spiro atoms. The first kappa shape index (κ1) is 18.1. The molecule has 0 aliphatic carbocycles. The molecule has 3 aromatic rings. The highest BCUT2D eigenvalue weighted by atomic mass is 16.5. The number of hydrogen-bond acceptors (Lipinski definition) is 6. The van der Waals surface area contributed by atoms with Crippen LogP contribution in [0.1, 0.15) is 19.5 Å². The van der Waals surface area contributed by atoms with Crippen LogP contribution in [0, 0.1) is 16.7 Å². The number of carboxylic acids is 1. The minimum absolute atomic E-state index is 0.0266. The molecule has 0 fully saturated rings. The van der Waals surface area contributed by atoms with E-state index in [1.807, 2.05) is 18.2 Å². The Morgan fingerprint density at radius 3 is 2.44 bits per heavy atom. The third-order valence-electron chi connectivity index (χ3n) is 3.93. The number of aliphatic carboxylic acids is 1. The molecule has 0 aliphatic rings. The standard InChI is InChI=1S/C19H17N5O3/c1-19(2,18(25)26)11-27-16-6-4-13(9-22-16)12-3-5-15(21-8-12)17-23-10-14(7-20)24-17/h3-6,8-10H,11H2,1-2H3,(H,23,24)(H,25,26). The van der Waals surface area contributed by atoms with E-state index in [9.17, 15) is 4.79 Å². The minimum atomic E-state index is -0.989. The number of nitrogens with one attached hydrogen (secondary N) is 1. The first-order chi connectivity index (χ1) is 12.9. The van der Waals surface area contributed by atoms with Gasteiger partial charge in [-0.05, 0) is 26.0 Å². The molecule has 0 amide bonds. The predicted octanol–water partition coefficient (Wildman–Crippen LogP) is 2.89. The highest BCUT2D eigenvalue weighted by Crippen LogP contribution is 2.23. The van der Waals surface area contributed by atoms with Crippen molar-refractivity contribution in [2.75, 3.05) is 6.61 Å². The number of rotatable bonds is 6. The Balaban J connectivity index is 1.70. The molecule has 8 heteroatoms. The van der Waals surface area contributed by atoms with Crippen molar-refractivity contribution in [3.05, 3.63) is 48.5 Å². The van der Waals surface area contributed by atoms with Crippen molar-refractivity contribution < 1.29 is 14.6 Å². The van der Waals surface area contributed by atoms with E-state index in [-0.39, 0.29) is 6.61 Å². The van der Waals surface area contributed by atoms with Gasteiger partial charge in [0.25, 0.3) is 0 Å². The van der Waals surface area contributed by atoms with Crippen LogP contribution in [0.2, 0.25) is 0 Å². The molecule has 0 saturated carbocycles. The molecule has 2 N–H and O–H groups in total. The number of aromatic nitrogens is 4. The lowest BCUT2D eigenvalue weighted by atomic mass is 9.95. The Labute approximate surface area is 155 Å². The Hall–Kier alpha value is -3.73. The summed E-state index contributed by atoms with van der Waals surface area (Å²) in [5.74, 6) is -0.0398. The van der Waals surface area contributed by atoms with Crippen LogP contribution in [-0.4, -0.2) is 37.6 Å². The summed E-state index contributed by atoms with van der Waals surface area (Å²) in [6.07, 6.45) is 4.86. The third-order valence-corrected chi connectivity index (χ3v) is 3.93. The van der Waals surface area contributed by atoms with E-state index in [0.717, 1.165) is 11.1 Å². The van der Waals surface area contributed by atoms with Gasteiger partial charge in [-0.2, -0.15) is 5.26 Å². The molecule has 136 valence electrons. The van der Waals surface area contributed by atoms with E-state index >= 15 is 0 Å². The van der Waals surface area contributed by atoms with Gasteiger partial charge in [-0.15, -0.1) is 0 Å². The van der Waals surface area contributed by atoms with Crippen LogP contribution < -0.4 is 4.74 Å². The van der Waals surface area contributed by atoms with Gasteiger partial charge in [0.1, 0.15) is 18.4 Å². The van der Waals surface area contributed by atoms with Gasteiger partial charge in [-0.1, -0.05) is 6.07 Å². The number of aromatic amines is 1. The van der Waals surface area contributed by atoms with Gasteiger partial charge >= 0.3 is 5.97 Å². The third kappa shape index (κ3) is 4.10. The Bertz CT molecular complexity index is 985. The monoisotopic (exact) mass is 363 g/mol. The maximum Gasteiger partial charge on any atom is 0.312 e. The summed E-state index contributed by atoms with van der Waals surface area (Å²) in [6, 6.07) is 9.15. The second kappa shape index (κ2) is 7.25. The normalized spacial score (nSPS) is 11.0. The molecule has 0 aromatic carbocycles. The van der Waals surface area contributed by atoms with E-state index in [1.165, 1.54) is 6.20 Å². The quantitative estimate of drug-likeness (QED) is 0.690. The Morgan fingerprint density at radius 1 is 1.22 bits per heavy atom.